The Morgan fingerprint density at radius 3 is 1.61 bits per heavy atom. The average Bonchev–Trinajstić information content (AvgIpc) is 3.99. The first-order chi connectivity index (χ1) is 30.2. The van der Waals surface area contributed by atoms with Gasteiger partial charge in [0, 0.05) is 38.1 Å². The van der Waals surface area contributed by atoms with Gasteiger partial charge in [-0.25, -0.2) is 4.85 Å². The Balaban J connectivity index is 1.35. The predicted molar refractivity (Wildman–Crippen MR) is 250 cm³/mol. The summed E-state index contributed by atoms with van der Waals surface area (Å²) >= 11 is 0. The van der Waals surface area contributed by atoms with Crippen LogP contribution in [0.25, 0.3) is 126 Å². The lowest BCUT2D eigenvalue weighted by Gasteiger charge is -2.26. The maximum Gasteiger partial charge on any atom is 0.220 e. The van der Waals surface area contributed by atoms with Crippen LogP contribution in [0.3, 0.4) is 0 Å². The molecule has 0 N–H and O–H groups in total. The minimum atomic E-state index is 0.413. The van der Waals surface area contributed by atoms with E-state index in [2.05, 4.69) is 135 Å². The van der Waals surface area contributed by atoms with E-state index < -0.39 is 0 Å². The van der Waals surface area contributed by atoms with Gasteiger partial charge in [0.05, 0.1) is 51.0 Å². The highest BCUT2D eigenvalue weighted by atomic mass is 16.3. The molecule has 0 fully saturated rings. The summed E-state index contributed by atoms with van der Waals surface area (Å²) in [4.78, 5) is 4.49. The predicted octanol–water partition coefficient (Wildman–Crippen LogP) is 15.3. The van der Waals surface area contributed by atoms with Crippen LogP contribution in [-0.2, 0) is 0 Å². The maximum absolute atomic E-state index is 11.8. The molecule has 0 atom stereocenters. The van der Waals surface area contributed by atoms with Gasteiger partial charge in [-0.1, -0.05) is 146 Å². The summed E-state index contributed by atoms with van der Waals surface area (Å²) in [5.41, 5.74) is 10.8. The zero-order valence-electron chi connectivity index (χ0n) is 32.5. The molecule has 3 aromatic heterocycles. The Morgan fingerprint density at radius 2 is 0.967 bits per heavy atom. The number of rotatable bonds is 4. The van der Waals surface area contributed by atoms with Crippen molar-refractivity contribution < 1.29 is 4.42 Å². The molecular weight excluding hydrogens is 745 g/mol. The van der Waals surface area contributed by atoms with Crippen molar-refractivity contribution in [2.75, 3.05) is 0 Å². The number of benzene rings is 10. The topological polar surface area (TPSA) is 51.1 Å². The van der Waals surface area contributed by atoms with Crippen LogP contribution in [0.4, 0.5) is 5.69 Å². The smallest absolute Gasteiger partial charge is 0.220 e. The van der Waals surface area contributed by atoms with Crippen LogP contribution in [0.1, 0.15) is 5.56 Å². The van der Waals surface area contributed by atoms with Crippen molar-refractivity contribution in [2.24, 2.45) is 0 Å². The summed E-state index contributed by atoms with van der Waals surface area (Å²) in [6.45, 7) is 9.19. The van der Waals surface area contributed by atoms with Gasteiger partial charge in [-0.15, -0.1) is 0 Å². The number of hydrogen-bond acceptors (Lipinski definition) is 2. The lowest BCUT2D eigenvalue weighted by atomic mass is 9.88. The van der Waals surface area contributed by atoms with Crippen LogP contribution >= 0.6 is 0 Å². The van der Waals surface area contributed by atoms with Gasteiger partial charge < -0.3 is 13.6 Å². The molecule has 5 nitrogen and oxygen atoms in total. The average molecular weight is 775 g/mol. The second-order valence-corrected chi connectivity index (χ2v) is 15.7. The number of para-hydroxylation sites is 2. The van der Waals surface area contributed by atoms with Crippen molar-refractivity contribution in [2.45, 2.75) is 0 Å². The van der Waals surface area contributed by atoms with Crippen LogP contribution < -0.4 is 0 Å². The number of furan rings is 1. The highest BCUT2D eigenvalue weighted by Gasteiger charge is 2.33. The molecule has 0 radical (unpaired) electrons. The van der Waals surface area contributed by atoms with Gasteiger partial charge in [0.2, 0.25) is 5.69 Å². The van der Waals surface area contributed by atoms with Gasteiger partial charge in [-0.3, -0.25) is 0 Å². The Hall–Kier alpha value is -8.64. The second kappa shape index (κ2) is 12.4. The molecule has 13 aromatic rings. The van der Waals surface area contributed by atoms with Crippen LogP contribution in [0.2, 0.25) is 0 Å². The molecule has 0 aliphatic heterocycles. The zero-order chi connectivity index (χ0) is 40.3. The Bertz CT molecular complexity index is 3970. The number of aromatic nitrogens is 2. The zero-order valence-corrected chi connectivity index (χ0v) is 32.5. The first kappa shape index (κ1) is 33.3. The van der Waals surface area contributed by atoms with E-state index in [9.17, 15) is 11.8 Å². The SMILES string of the molecule is [C-]#[N+]c1c(-c2ccccc2)c(C#N)c(-n2c3ccccc3c3ccc4oc5ccccc5c4c32)c(-c2ccccc2)c1-n1c2cccc3c4ccccc4c4cccc1c4c32. The molecule has 61 heavy (non-hydrogen) atoms. The van der Waals surface area contributed by atoms with E-state index in [0.717, 1.165) is 98.7 Å². The quantitative estimate of drug-likeness (QED) is 0.132. The van der Waals surface area contributed by atoms with Crippen molar-refractivity contribution in [3.8, 4) is 39.7 Å². The van der Waals surface area contributed by atoms with Crippen LogP contribution in [0.5, 0.6) is 0 Å². The molecule has 10 aromatic carbocycles. The van der Waals surface area contributed by atoms with Crippen molar-refractivity contribution in [1.29, 1.82) is 5.26 Å². The number of nitrogens with zero attached hydrogens (tertiary/aromatic N) is 4. The van der Waals surface area contributed by atoms with Gasteiger partial charge in [-0.05, 0) is 69.1 Å². The molecule has 0 saturated carbocycles. The van der Waals surface area contributed by atoms with Gasteiger partial charge in [0.15, 0.2) is 0 Å². The van der Waals surface area contributed by atoms with Crippen LogP contribution in [0, 0.1) is 17.9 Å². The highest BCUT2D eigenvalue weighted by Crippen LogP contribution is 2.54. The van der Waals surface area contributed by atoms with E-state index in [1.54, 1.807) is 0 Å². The summed E-state index contributed by atoms with van der Waals surface area (Å²) in [6, 6.07) is 65.5. The molecule has 0 amide bonds. The molecule has 0 bridgehead atoms. The molecule has 0 unspecified atom stereocenters. The standard InChI is InChI=1S/C56H30N4O/c1-58-53-48(33-16-4-2-5-17-33)42(32-57)55(60-43-26-12-10-22-37(43)40-30-31-47-52(54(40)60)41-23-11-13-29-46(41)61-47)49(34-18-6-3-7-19-34)56(53)59-44-27-14-24-38-35-20-8-9-21-36(35)39-25-15-28-45(59)51(39)50(38)44/h2-31H. The van der Waals surface area contributed by atoms with E-state index >= 15 is 0 Å². The third-order valence-corrected chi connectivity index (χ3v) is 12.7. The van der Waals surface area contributed by atoms with Crippen molar-refractivity contribution in [1.82, 2.24) is 9.13 Å². The first-order valence-electron chi connectivity index (χ1n) is 20.4. The minimum Gasteiger partial charge on any atom is -0.456 e. The first-order valence-corrected chi connectivity index (χ1v) is 20.4. The fourth-order valence-electron chi connectivity index (χ4n) is 10.4. The molecule has 0 aliphatic rings. The van der Waals surface area contributed by atoms with Crippen molar-refractivity contribution in [3.63, 3.8) is 0 Å². The minimum absolute atomic E-state index is 0.413. The molecule has 3 heterocycles. The Kier molecular flexibility index (Phi) is 6.80. The van der Waals surface area contributed by atoms with E-state index in [4.69, 9.17) is 4.42 Å². The van der Waals surface area contributed by atoms with Crippen molar-refractivity contribution >= 4 is 92.8 Å². The second-order valence-electron chi connectivity index (χ2n) is 15.7. The summed E-state index contributed by atoms with van der Waals surface area (Å²) in [7, 11) is 0. The van der Waals surface area contributed by atoms with Gasteiger partial charge in [0.1, 0.15) is 17.2 Å². The number of hydrogen-bond donors (Lipinski definition) is 0. The molecule has 5 heteroatoms. The van der Waals surface area contributed by atoms with Crippen molar-refractivity contribution in [3.05, 3.63) is 199 Å². The summed E-state index contributed by atoms with van der Waals surface area (Å²) < 4.78 is 11.2. The monoisotopic (exact) mass is 774 g/mol. The lowest BCUT2D eigenvalue weighted by Crippen LogP contribution is -2.08. The number of fused-ring (bicyclic) bond motifs is 10. The Labute approximate surface area is 348 Å². The molecule has 0 aliphatic carbocycles. The fourth-order valence-corrected chi connectivity index (χ4v) is 10.4. The third kappa shape index (κ3) is 4.36. The van der Waals surface area contributed by atoms with E-state index in [1.807, 2.05) is 66.7 Å². The summed E-state index contributed by atoms with van der Waals surface area (Å²) in [5.74, 6) is 0. The molecule has 0 spiro atoms. The van der Waals surface area contributed by atoms with Crippen LogP contribution in [0.15, 0.2) is 186 Å². The molecule has 280 valence electrons. The van der Waals surface area contributed by atoms with Crippen LogP contribution in [-0.4, -0.2) is 9.13 Å². The lowest BCUT2D eigenvalue weighted by molar-refractivity contribution is 0.669. The maximum atomic E-state index is 11.8. The summed E-state index contributed by atoms with van der Waals surface area (Å²) in [5, 5.41) is 22.9. The molecule has 0 saturated heterocycles. The Morgan fingerprint density at radius 1 is 0.426 bits per heavy atom. The molecule has 13 rings (SSSR count). The van der Waals surface area contributed by atoms with Gasteiger partial charge in [0.25, 0.3) is 0 Å². The fraction of sp³-hybridized carbons (Fsp3) is 0. The normalized spacial score (nSPS) is 11.9. The highest BCUT2D eigenvalue weighted by molar-refractivity contribution is 6.35. The third-order valence-electron chi connectivity index (χ3n) is 12.7. The molecular formula is C56H30N4O. The summed E-state index contributed by atoms with van der Waals surface area (Å²) in [6.07, 6.45) is 0. The largest absolute Gasteiger partial charge is 0.456 e. The van der Waals surface area contributed by atoms with E-state index in [1.165, 1.54) is 10.8 Å². The number of nitriles is 1. The van der Waals surface area contributed by atoms with Gasteiger partial charge >= 0.3 is 0 Å². The van der Waals surface area contributed by atoms with E-state index in [0.29, 0.717) is 22.5 Å². The van der Waals surface area contributed by atoms with E-state index in [-0.39, 0.29) is 0 Å². The van der Waals surface area contributed by atoms with Gasteiger partial charge in [-0.2, -0.15) is 5.26 Å².